The first-order valence-corrected chi connectivity index (χ1v) is 6.54. The van der Waals surface area contributed by atoms with Gasteiger partial charge in [-0.3, -0.25) is 9.89 Å². The van der Waals surface area contributed by atoms with Crippen LogP contribution in [-0.2, 0) is 0 Å². The van der Waals surface area contributed by atoms with Gasteiger partial charge in [-0.25, -0.2) is 4.39 Å². The number of aromatic nitrogens is 2. The van der Waals surface area contributed by atoms with E-state index in [9.17, 15) is 14.3 Å². The summed E-state index contributed by atoms with van der Waals surface area (Å²) in [5, 5.41) is 18.6. The Balaban J connectivity index is 1.90. The predicted molar refractivity (Wildman–Crippen MR) is 80.0 cm³/mol. The van der Waals surface area contributed by atoms with E-state index in [2.05, 4.69) is 15.5 Å². The first kappa shape index (κ1) is 13.8. The number of carbonyl (C=O) groups excluding carboxylic acids is 1. The zero-order chi connectivity index (χ0) is 15.5. The Hall–Kier alpha value is -3.15. The van der Waals surface area contributed by atoms with Crippen LogP contribution in [0.3, 0.4) is 0 Å². The van der Waals surface area contributed by atoms with Crippen molar-refractivity contribution in [1.29, 1.82) is 0 Å². The van der Waals surface area contributed by atoms with Gasteiger partial charge >= 0.3 is 0 Å². The van der Waals surface area contributed by atoms with Gasteiger partial charge in [-0.2, -0.15) is 5.10 Å². The summed E-state index contributed by atoms with van der Waals surface area (Å²) >= 11 is 0. The standard InChI is InChI=1S/C16H12FN3O2/c17-13-7-2-1-6-12(13)15-14(9-18-20-15)19-16(22)10-4-3-5-11(21)8-10/h1-9,21H,(H,18,20)(H,19,22). The van der Waals surface area contributed by atoms with Gasteiger partial charge < -0.3 is 10.4 Å². The monoisotopic (exact) mass is 297 g/mol. The molecule has 0 atom stereocenters. The molecule has 0 unspecified atom stereocenters. The van der Waals surface area contributed by atoms with E-state index in [0.29, 0.717) is 22.5 Å². The molecule has 3 rings (SSSR count). The number of halogens is 1. The van der Waals surface area contributed by atoms with Crippen molar-refractivity contribution in [3.63, 3.8) is 0 Å². The molecule has 0 saturated carbocycles. The van der Waals surface area contributed by atoms with Crippen LogP contribution in [0.15, 0.2) is 54.7 Å². The Morgan fingerprint density at radius 2 is 2.00 bits per heavy atom. The second kappa shape index (κ2) is 5.69. The fourth-order valence-electron chi connectivity index (χ4n) is 2.09. The quantitative estimate of drug-likeness (QED) is 0.695. The number of carbonyl (C=O) groups is 1. The lowest BCUT2D eigenvalue weighted by atomic mass is 10.1. The number of aromatic hydroxyl groups is 1. The molecule has 110 valence electrons. The molecule has 3 N–H and O–H groups in total. The van der Waals surface area contributed by atoms with E-state index in [1.165, 1.54) is 24.4 Å². The predicted octanol–water partition coefficient (Wildman–Crippen LogP) is 3.17. The highest BCUT2D eigenvalue weighted by atomic mass is 19.1. The number of H-pyrrole nitrogens is 1. The van der Waals surface area contributed by atoms with Gasteiger partial charge in [0.2, 0.25) is 0 Å². The zero-order valence-electron chi connectivity index (χ0n) is 11.4. The minimum Gasteiger partial charge on any atom is -0.508 e. The Morgan fingerprint density at radius 3 is 2.77 bits per heavy atom. The molecule has 5 nitrogen and oxygen atoms in total. The summed E-state index contributed by atoms with van der Waals surface area (Å²) in [4.78, 5) is 12.2. The second-order valence-corrected chi connectivity index (χ2v) is 4.64. The lowest BCUT2D eigenvalue weighted by molar-refractivity contribution is 0.102. The number of nitrogens with one attached hydrogen (secondary N) is 2. The minimum absolute atomic E-state index is 0.00540. The molecule has 0 bridgehead atoms. The van der Waals surface area contributed by atoms with E-state index >= 15 is 0 Å². The number of phenolic OH excluding ortho intramolecular Hbond substituents is 1. The molecule has 0 fully saturated rings. The van der Waals surface area contributed by atoms with Crippen LogP contribution < -0.4 is 5.32 Å². The smallest absolute Gasteiger partial charge is 0.255 e. The third kappa shape index (κ3) is 2.67. The van der Waals surface area contributed by atoms with Crippen LogP contribution in [-0.4, -0.2) is 21.2 Å². The topological polar surface area (TPSA) is 78.0 Å². The SMILES string of the molecule is O=C(Nc1cn[nH]c1-c1ccccc1F)c1cccc(O)c1. The average Bonchev–Trinajstić information content (AvgIpc) is 2.95. The van der Waals surface area contributed by atoms with Crippen molar-refractivity contribution in [1.82, 2.24) is 10.2 Å². The number of aromatic amines is 1. The molecule has 1 aromatic heterocycles. The number of nitrogens with zero attached hydrogens (tertiary/aromatic N) is 1. The molecule has 1 amide bonds. The molecular formula is C16H12FN3O2. The van der Waals surface area contributed by atoms with Crippen LogP contribution in [0, 0.1) is 5.82 Å². The Labute approximate surface area is 125 Å². The van der Waals surface area contributed by atoms with Crippen LogP contribution in [0.4, 0.5) is 10.1 Å². The lowest BCUT2D eigenvalue weighted by Crippen LogP contribution is -2.12. The summed E-state index contributed by atoms with van der Waals surface area (Å²) in [5.74, 6) is -0.844. The summed E-state index contributed by atoms with van der Waals surface area (Å²) < 4.78 is 13.9. The van der Waals surface area contributed by atoms with Gasteiger partial charge in [0.25, 0.3) is 5.91 Å². The maximum absolute atomic E-state index is 13.9. The molecule has 0 spiro atoms. The normalized spacial score (nSPS) is 10.4. The largest absolute Gasteiger partial charge is 0.508 e. The van der Waals surface area contributed by atoms with Crippen LogP contribution in [0.25, 0.3) is 11.3 Å². The Bertz CT molecular complexity index is 830. The highest BCUT2D eigenvalue weighted by Crippen LogP contribution is 2.28. The molecule has 6 heteroatoms. The van der Waals surface area contributed by atoms with Crippen molar-refractivity contribution in [2.45, 2.75) is 0 Å². The van der Waals surface area contributed by atoms with E-state index < -0.39 is 11.7 Å². The number of hydrogen-bond donors (Lipinski definition) is 3. The Morgan fingerprint density at radius 1 is 1.18 bits per heavy atom. The van der Waals surface area contributed by atoms with Crippen molar-refractivity contribution in [3.05, 3.63) is 66.1 Å². The molecule has 1 heterocycles. The molecule has 22 heavy (non-hydrogen) atoms. The molecule has 0 aliphatic heterocycles. The number of benzene rings is 2. The summed E-state index contributed by atoms with van der Waals surface area (Å²) in [6.07, 6.45) is 1.41. The molecule has 0 radical (unpaired) electrons. The summed E-state index contributed by atoms with van der Waals surface area (Å²) in [5.41, 5.74) is 1.34. The average molecular weight is 297 g/mol. The van der Waals surface area contributed by atoms with Crippen molar-refractivity contribution in [2.24, 2.45) is 0 Å². The fourth-order valence-corrected chi connectivity index (χ4v) is 2.09. The van der Waals surface area contributed by atoms with Crippen LogP contribution in [0.2, 0.25) is 0 Å². The van der Waals surface area contributed by atoms with Gasteiger partial charge in [-0.05, 0) is 30.3 Å². The first-order valence-electron chi connectivity index (χ1n) is 6.54. The highest BCUT2D eigenvalue weighted by Gasteiger charge is 2.15. The van der Waals surface area contributed by atoms with Crippen LogP contribution in [0.5, 0.6) is 5.75 Å². The van der Waals surface area contributed by atoms with Gasteiger partial charge in [-0.15, -0.1) is 0 Å². The van der Waals surface area contributed by atoms with Crippen LogP contribution >= 0.6 is 0 Å². The third-order valence-corrected chi connectivity index (χ3v) is 3.14. The summed E-state index contributed by atoms with van der Waals surface area (Å²) in [6, 6.07) is 12.1. The van der Waals surface area contributed by atoms with Crippen LogP contribution in [0.1, 0.15) is 10.4 Å². The number of rotatable bonds is 3. The van der Waals surface area contributed by atoms with Crippen molar-refractivity contribution >= 4 is 11.6 Å². The summed E-state index contributed by atoms with van der Waals surface area (Å²) in [6.45, 7) is 0. The van der Waals surface area contributed by atoms with E-state index in [-0.39, 0.29) is 5.75 Å². The van der Waals surface area contributed by atoms with E-state index in [1.54, 1.807) is 30.3 Å². The maximum Gasteiger partial charge on any atom is 0.255 e. The molecular weight excluding hydrogens is 285 g/mol. The zero-order valence-corrected chi connectivity index (χ0v) is 11.4. The first-order chi connectivity index (χ1) is 10.6. The number of phenols is 1. The van der Waals surface area contributed by atoms with E-state index in [4.69, 9.17) is 0 Å². The van der Waals surface area contributed by atoms with Crippen molar-refractivity contribution < 1.29 is 14.3 Å². The van der Waals surface area contributed by atoms with Crippen molar-refractivity contribution in [2.75, 3.05) is 5.32 Å². The molecule has 0 aliphatic carbocycles. The number of amides is 1. The molecule has 2 aromatic carbocycles. The van der Waals surface area contributed by atoms with E-state index in [1.807, 2.05) is 0 Å². The highest BCUT2D eigenvalue weighted by molar-refractivity contribution is 6.06. The third-order valence-electron chi connectivity index (χ3n) is 3.14. The second-order valence-electron chi connectivity index (χ2n) is 4.64. The summed E-state index contributed by atoms with van der Waals surface area (Å²) in [7, 11) is 0. The number of hydrogen-bond acceptors (Lipinski definition) is 3. The van der Waals surface area contributed by atoms with Gasteiger partial charge in [0.1, 0.15) is 11.6 Å². The van der Waals surface area contributed by atoms with Gasteiger partial charge in [0.15, 0.2) is 0 Å². The molecule has 0 saturated heterocycles. The minimum atomic E-state index is -0.421. The van der Waals surface area contributed by atoms with Gasteiger partial charge in [-0.1, -0.05) is 18.2 Å². The fraction of sp³-hybridized carbons (Fsp3) is 0. The van der Waals surface area contributed by atoms with E-state index in [0.717, 1.165) is 0 Å². The Kier molecular flexibility index (Phi) is 3.57. The lowest BCUT2D eigenvalue weighted by Gasteiger charge is -2.07. The maximum atomic E-state index is 13.9. The van der Waals surface area contributed by atoms with Crippen molar-refractivity contribution in [3.8, 4) is 17.0 Å². The van der Waals surface area contributed by atoms with Gasteiger partial charge in [0.05, 0.1) is 17.6 Å². The molecule has 3 aromatic rings. The molecule has 0 aliphatic rings. The van der Waals surface area contributed by atoms with Gasteiger partial charge in [0, 0.05) is 11.1 Å². The number of anilines is 1.